The van der Waals surface area contributed by atoms with Crippen molar-refractivity contribution >= 4 is 10.0 Å². The second-order valence-corrected chi connectivity index (χ2v) is 10.0. The van der Waals surface area contributed by atoms with Crippen molar-refractivity contribution in [1.82, 2.24) is 9.80 Å². The molecule has 0 aromatic heterocycles. The van der Waals surface area contributed by atoms with E-state index in [1.54, 1.807) is 12.1 Å². The molecule has 1 unspecified atom stereocenters. The molecule has 174 valence electrons. The molecule has 0 spiro atoms. The molecule has 0 saturated carbocycles. The molecule has 31 heavy (non-hydrogen) atoms. The Kier molecular flexibility index (Phi) is 10.0. The summed E-state index contributed by atoms with van der Waals surface area (Å²) < 4.78 is 31.2. The number of para-hydroxylation sites is 1. The first-order valence-electron chi connectivity index (χ1n) is 10.9. The molecule has 0 saturated heterocycles. The summed E-state index contributed by atoms with van der Waals surface area (Å²) >= 11 is 0. The van der Waals surface area contributed by atoms with Crippen molar-refractivity contribution in [2.45, 2.75) is 44.3 Å². The summed E-state index contributed by atoms with van der Waals surface area (Å²) in [6, 6.07) is 9.15. The molecule has 0 bridgehead atoms. The number of benzene rings is 1. The number of aliphatic hydroxyl groups excluding tert-OH is 1. The molecule has 0 amide bonds. The minimum atomic E-state index is -3.93. The van der Waals surface area contributed by atoms with Crippen LogP contribution in [0, 0.1) is 0 Å². The largest absolute Gasteiger partial charge is 0.458 e. The lowest BCUT2D eigenvalue weighted by molar-refractivity contribution is 0.278. The Bertz CT molecular complexity index is 851. The molecule has 0 heterocycles. The summed E-state index contributed by atoms with van der Waals surface area (Å²) in [7, 11) is 0.134. The van der Waals surface area contributed by atoms with Crippen LogP contribution in [0.5, 0.6) is 5.75 Å². The first-order chi connectivity index (χ1) is 14.8. The van der Waals surface area contributed by atoms with Gasteiger partial charge in [0.25, 0.3) is 0 Å². The van der Waals surface area contributed by atoms with Crippen LogP contribution in [0.25, 0.3) is 0 Å². The number of allylic oxidation sites excluding steroid dienone is 1. The maximum absolute atomic E-state index is 12.5. The van der Waals surface area contributed by atoms with Crippen LogP contribution in [-0.2, 0) is 10.0 Å². The molecule has 7 nitrogen and oxygen atoms in total. The van der Waals surface area contributed by atoms with E-state index in [9.17, 15) is 13.5 Å². The zero-order chi connectivity index (χ0) is 22.9. The smallest absolute Gasteiger partial charge is 0.219 e. The molecule has 8 heteroatoms. The predicted octanol–water partition coefficient (Wildman–Crippen LogP) is 2.70. The Hall–Kier alpha value is -1.87. The molecule has 0 radical (unpaired) electrons. The summed E-state index contributed by atoms with van der Waals surface area (Å²) in [4.78, 5) is 4.31. The van der Waals surface area contributed by atoms with Gasteiger partial charge in [-0.15, -0.1) is 0 Å². The fourth-order valence-electron chi connectivity index (χ4n) is 3.66. The lowest BCUT2D eigenvalue weighted by Gasteiger charge is -2.34. The number of hydrogen-bond donors (Lipinski definition) is 2. The zero-order valence-electron chi connectivity index (χ0n) is 19.0. The number of rotatable bonds is 13. The highest BCUT2D eigenvalue weighted by molar-refractivity contribution is 7.90. The lowest BCUT2D eigenvalue weighted by atomic mass is 10.00. The summed E-state index contributed by atoms with van der Waals surface area (Å²) in [5.74, 6) is 0.901. The van der Waals surface area contributed by atoms with Gasteiger partial charge in [0.1, 0.15) is 16.8 Å². The number of nitrogens with two attached hydrogens (primary N) is 1. The quantitative estimate of drug-likeness (QED) is 0.448. The van der Waals surface area contributed by atoms with Crippen molar-refractivity contribution in [3.05, 3.63) is 53.4 Å². The van der Waals surface area contributed by atoms with Gasteiger partial charge in [-0.2, -0.15) is 0 Å². The zero-order valence-corrected chi connectivity index (χ0v) is 19.8. The van der Waals surface area contributed by atoms with Crippen LogP contribution in [0.4, 0.5) is 0 Å². The third-order valence-electron chi connectivity index (χ3n) is 5.31. The van der Waals surface area contributed by atoms with Crippen LogP contribution in [0.3, 0.4) is 0 Å². The average Bonchev–Trinajstić information content (AvgIpc) is 2.72. The van der Waals surface area contributed by atoms with Crippen LogP contribution >= 0.6 is 0 Å². The first kappa shape index (κ1) is 25.4. The number of nitrogens with zero attached hydrogens (tertiary/aromatic N) is 2. The Labute approximate surface area is 187 Å². The molecular formula is C23H37N3O4S. The van der Waals surface area contributed by atoms with E-state index in [0.717, 1.165) is 45.3 Å². The van der Waals surface area contributed by atoms with Crippen molar-refractivity contribution in [2.75, 3.05) is 40.3 Å². The maximum atomic E-state index is 12.5. The fourth-order valence-corrected chi connectivity index (χ4v) is 4.57. The highest BCUT2D eigenvalue weighted by atomic mass is 32.2. The van der Waals surface area contributed by atoms with Gasteiger partial charge < -0.3 is 19.6 Å². The monoisotopic (exact) mass is 451 g/mol. The van der Waals surface area contributed by atoms with Gasteiger partial charge in [-0.3, -0.25) is 0 Å². The van der Waals surface area contributed by atoms with Crippen LogP contribution in [-0.4, -0.2) is 68.9 Å². The standard InChI is InChI=1S/C23H37N3O4S/c1-4-5-9-14-26(15-10-13-25(2)3)21-16-19(18-27)17-22(31(24,28)29)23(21)30-20-11-7-6-8-12-20/h6-8,11-12,16,22,27H,4-5,9-10,13-15,17-18H2,1-3H3,(H2,24,28,29). The van der Waals surface area contributed by atoms with Gasteiger partial charge in [0.05, 0.1) is 12.3 Å². The van der Waals surface area contributed by atoms with Gasteiger partial charge in [0.15, 0.2) is 0 Å². The Morgan fingerprint density at radius 3 is 2.35 bits per heavy atom. The topological polar surface area (TPSA) is 96.1 Å². The second-order valence-electron chi connectivity index (χ2n) is 8.26. The SMILES string of the molecule is CCCCCN(CCCN(C)C)C1=C(Oc2ccccc2)C(S(N)(=O)=O)CC(CO)=C1. The van der Waals surface area contributed by atoms with Crippen molar-refractivity contribution in [1.29, 1.82) is 0 Å². The van der Waals surface area contributed by atoms with E-state index in [1.165, 1.54) is 0 Å². The molecular weight excluding hydrogens is 414 g/mol. The van der Waals surface area contributed by atoms with Crippen molar-refractivity contribution < 1.29 is 18.3 Å². The normalized spacial score (nSPS) is 17.1. The number of unbranched alkanes of at least 4 members (excludes halogenated alkanes) is 2. The Morgan fingerprint density at radius 1 is 1.10 bits per heavy atom. The Balaban J connectivity index is 2.51. The summed E-state index contributed by atoms with van der Waals surface area (Å²) in [6.07, 6.45) is 6.09. The van der Waals surface area contributed by atoms with Crippen LogP contribution in [0.2, 0.25) is 0 Å². The van der Waals surface area contributed by atoms with Crippen molar-refractivity contribution in [3.63, 3.8) is 0 Å². The van der Waals surface area contributed by atoms with Crippen molar-refractivity contribution in [2.24, 2.45) is 5.14 Å². The second kappa shape index (κ2) is 12.2. The molecule has 1 atom stereocenters. The van der Waals surface area contributed by atoms with Gasteiger partial charge in [0.2, 0.25) is 10.0 Å². The number of aliphatic hydroxyl groups is 1. The first-order valence-corrected chi connectivity index (χ1v) is 12.6. The molecule has 0 fully saturated rings. The van der Waals surface area contributed by atoms with Crippen LogP contribution in [0.15, 0.2) is 53.4 Å². The number of ether oxygens (including phenoxy) is 1. The van der Waals surface area contributed by atoms with E-state index >= 15 is 0 Å². The van der Waals surface area contributed by atoms with Crippen LogP contribution in [0.1, 0.15) is 39.0 Å². The molecule has 1 aromatic rings. The van der Waals surface area contributed by atoms with E-state index in [1.807, 2.05) is 38.4 Å². The Morgan fingerprint density at radius 2 is 1.77 bits per heavy atom. The summed E-state index contributed by atoms with van der Waals surface area (Å²) in [6.45, 7) is 4.40. The molecule has 3 N–H and O–H groups in total. The molecule has 0 aliphatic heterocycles. The molecule has 1 aliphatic rings. The van der Waals surface area contributed by atoms with E-state index < -0.39 is 15.3 Å². The van der Waals surface area contributed by atoms with Crippen LogP contribution < -0.4 is 9.88 Å². The maximum Gasteiger partial charge on any atom is 0.219 e. The highest BCUT2D eigenvalue weighted by Crippen LogP contribution is 2.32. The van der Waals surface area contributed by atoms with E-state index in [0.29, 0.717) is 22.8 Å². The summed E-state index contributed by atoms with van der Waals surface area (Å²) in [5, 5.41) is 14.4. The lowest BCUT2D eigenvalue weighted by Crippen LogP contribution is -2.39. The van der Waals surface area contributed by atoms with Gasteiger partial charge in [-0.1, -0.05) is 38.0 Å². The van der Waals surface area contributed by atoms with Gasteiger partial charge in [-0.05, 0) is 63.7 Å². The molecule has 1 aromatic carbocycles. The number of hydrogen-bond acceptors (Lipinski definition) is 6. The van der Waals surface area contributed by atoms with Gasteiger partial charge in [-0.25, -0.2) is 13.6 Å². The molecule has 2 rings (SSSR count). The van der Waals surface area contributed by atoms with E-state index in [4.69, 9.17) is 9.88 Å². The molecule has 1 aliphatic carbocycles. The van der Waals surface area contributed by atoms with E-state index in [-0.39, 0.29) is 13.0 Å². The minimum absolute atomic E-state index is 0.126. The third-order valence-corrected chi connectivity index (χ3v) is 6.48. The predicted molar refractivity (Wildman–Crippen MR) is 125 cm³/mol. The summed E-state index contributed by atoms with van der Waals surface area (Å²) in [5.41, 5.74) is 1.34. The minimum Gasteiger partial charge on any atom is -0.458 e. The van der Waals surface area contributed by atoms with Gasteiger partial charge in [0, 0.05) is 13.1 Å². The number of primary sulfonamides is 1. The fraction of sp³-hybridized carbons (Fsp3) is 0.565. The van der Waals surface area contributed by atoms with E-state index in [2.05, 4.69) is 16.7 Å². The van der Waals surface area contributed by atoms with Gasteiger partial charge >= 0.3 is 0 Å². The highest BCUT2D eigenvalue weighted by Gasteiger charge is 2.35. The number of sulfonamides is 1. The average molecular weight is 452 g/mol. The third kappa shape index (κ3) is 7.96. The van der Waals surface area contributed by atoms with Crippen molar-refractivity contribution in [3.8, 4) is 5.75 Å².